The zero-order valence-electron chi connectivity index (χ0n) is 19.8. The van der Waals surface area contributed by atoms with E-state index in [0.29, 0.717) is 29.7 Å². The first-order chi connectivity index (χ1) is 15.8. The third-order valence-corrected chi connectivity index (χ3v) is 10.1. The lowest BCUT2D eigenvalue weighted by molar-refractivity contribution is -0.123. The zero-order valence-corrected chi connectivity index (χ0v) is 19.8. The van der Waals surface area contributed by atoms with Crippen LogP contribution in [0, 0.1) is 39.9 Å². The van der Waals surface area contributed by atoms with Crippen molar-refractivity contribution in [2.24, 2.45) is 28.6 Å². The van der Waals surface area contributed by atoms with Gasteiger partial charge in [0, 0.05) is 11.8 Å². The predicted octanol–water partition coefficient (Wildman–Crippen LogP) is 5.06. The number of carbonyl (C=O) groups excluding carboxylic acids is 1. The van der Waals surface area contributed by atoms with E-state index in [4.69, 9.17) is 0 Å². The van der Waals surface area contributed by atoms with Crippen molar-refractivity contribution in [2.45, 2.75) is 70.3 Å². The first-order valence-electron chi connectivity index (χ1n) is 12.5. The molecule has 0 spiro atoms. The van der Waals surface area contributed by atoms with Gasteiger partial charge in [0.05, 0.1) is 23.8 Å². The molecule has 0 radical (unpaired) electrons. The molecule has 0 saturated heterocycles. The summed E-state index contributed by atoms with van der Waals surface area (Å²) in [5.74, 6) is 1.83. The van der Waals surface area contributed by atoms with E-state index in [1.54, 1.807) is 6.08 Å². The van der Waals surface area contributed by atoms with Gasteiger partial charge in [0.1, 0.15) is 0 Å². The quantitative estimate of drug-likeness (QED) is 0.637. The molecule has 174 valence electrons. The Bertz CT molecular complexity index is 1050. The summed E-state index contributed by atoms with van der Waals surface area (Å²) in [7, 11) is 0. The minimum atomic E-state index is -0.921. The van der Waals surface area contributed by atoms with Gasteiger partial charge in [-0.25, -0.2) is 0 Å². The Kier molecular flexibility index (Phi) is 5.42. The molecule has 0 aliphatic heterocycles. The topological polar surface area (TPSA) is 81.3 Å². The van der Waals surface area contributed by atoms with Crippen molar-refractivity contribution in [3.05, 3.63) is 59.2 Å². The van der Waals surface area contributed by atoms with E-state index in [0.717, 1.165) is 38.5 Å². The Morgan fingerprint density at radius 3 is 2.61 bits per heavy atom. The number of benzene rings is 1. The van der Waals surface area contributed by atoms with Crippen molar-refractivity contribution < 1.29 is 15.0 Å². The van der Waals surface area contributed by atoms with Gasteiger partial charge in [-0.2, -0.15) is 5.26 Å². The van der Waals surface area contributed by atoms with Crippen molar-refractivity contribution >= 4 is 5.78 Å². The Balaban J connectivity index is 1.64. The third-order valence-electron chi connectivity index (χ3n) is 10.1. The van der Waals surface area contributed by atoms with E-state index >= 15 is 0 Å². The molecule has 3 saturated carbocycles. The number of fused-ring (bicyclic) bond motifs is 5. The second-order valence-electron chi connectivity index (χ2n) is 11.4. The molecule has 0 amide bonds. The Morgan fingerprint density at radius 2 is 1.91 bits per heavy atom. The summed E-state index contributed by atoms with van der Waals surface area (Å²) in [6.45, 7) is 4.58. The summed E-state index contributed by atoms with van der Waals surface area (Å²) >= 11 is 0. The number of ketones is 1. The van der Waals surface area contributed by atoms with Gasteiger partial charge in [0.2, 0.25) is 0 Å². The number of hydrogen-bond donors (Lipinski definition) is 2. The van der Waals surface area contributed by atoms with Crippen LogP contribution in [0.4, 0.5) is 0 Å². The number of nitrogens with zero attached hydrogens (tertiary/aromatic N) is 1. The van der Waals surface area contributed by atoms with Crippen LogP contribution in [0.5, 0.6) is 0 Å². The van der Waals surface area contributed by atoms with E-state index < -0.39 is 5.60 Å². The zero-order chi connectivity index (χ0) is 23.4. The van der Waals surface area contributed by atoms with Crippen LogP contribution in [0.15, 0.2) is 48.1 Å². The average Bonchev–Trinajstić information content (AvgIpc) is 3.08. The van der Waals surface area contributed by atoms with Crippen molar-refractivity contribution in [1.82, 2.24) is 0 Å². The number of carbonyl (C=O) groups is 1. The summed E-state index contributed by atoms with van der Waals surface area (Å²) in [5.41, 5.74) is 2.03. The van der Waals surface area contributed by atoms with Crippen LogP contribution in [0.2, 0.25) is 0 Å². The standard InChI is InChI=1S/C29H35NO3/c1-27-13-10-22(32)16-21(27)8-9-23-25-11-14-29(33,12-3-15-31)28(25,2)17-24(26(23)27)20-6-4-19(18-30)5-7-20/h3-7,12,16,23-26,31,33H,8-11,13-15,17H2,1-2H3/b12-3-/t23-,24+,25-,26+,27-,28-,29-/m0/s1. The van der Waals surface area contributed by atoms with Crippen LogP contribution < -0.4 is 0 Å². The summed E-state index contributed by atoms with van der Waals surface area (Å²) in [6, 6.07) is 10.3. The maximum absolute atomic E-state index is 12.3. The van der Waals surface area contributed by atoms with Gasteiger partial charge in [0.15, 0.2) is 5.78 Å². The Hall–Kier alpha value is -2.22. The van der Waals surface area contributed by atoms with Gasteiger partial charge in [-0.15, -0.1) is 0 Å². The van der Waals surface area contributed by atoms with Gasteiger partial charge in [0.25, 0.3) is 0 Å². The molecule has 0 unspecified atom stereocenters. The highest BCUT2D eigenvalue weighted by atomic mass is 16.3. The van der Waals surface area contributed by atoms with Crippen molar-refractivity contribution in [3.63, 3.8) is 0 Å². The van der Waals surface area contributed by atoms with Gasteiger partial charge < -0.3 is 10.2 Å². The molecule has 3 fully saturated rings. The second-order valence-corrected chi connectivity index (χ2v) is 11.4. The maximum Gasteiger partial charge on any atom is 0.155 e. The van der Waals surface area contributed by atoms with Crippen molar-refractivity contribution in [3.8, 4) is 6.07 Å². The normalized spacial score (nSPS) is 42.3. The van der Waals surface area contributed by atoms with Gasteiger partial charge in [-0.1, -0.05) is 43.7 Å². The van der Waals surface area contributed by atoms with Crippen LogP contribution in [0.3, 0.4) is 0 Å². The van der Waals surface area contributed by atoms with E-state index in [1.807, 2.05) is 24.3 Å². The molecule has 4 aliphatic carbocycles. The van der Waals surface area contributed by atoms with Crippen LogP contribution in [0.25, 0.3) is 0 Å². The maximum atomic E-state index is 12.3. The third kappa shape index (κ3) is 3.27. The molecular weight excluding hydrogens is 410 g/mol. The number of aliphatic hydroxyl groups excluding tert-OH is 1. The fraction of sp³-hybridized carbons (Fsp3) is 0.586. The summed E-state index contributed by atoms with van der Waals surface area (Å²) in [5, 5.41) is 30.6. The Morgan fingerprint density at radius 1 is 1.15 bits per heavy atom. The molecular formula is C29H35NO3. The first kappa shape index (κ1) is 22.6. The number of aliphatic hydroxyl groups is 2. The minimum Gasteiger partial charge on any atom is -0.392 e. The number of nitriles is 1. The molecule has 0 aromatic heterocycles. The molecule has 7 atom stereocenters. The summed E-state index contributed by atoms with van der Waals surface area (Å²) in [6.07, 6.45) is 11.7. The number of rotatable bonds is 3. The lowest BCUT2D eigenvalue weighted by Crippen LogP contribution is -2.57. The number of hydrogen-bond acceptors (Lipinski definition) is 4. The second kappa shape index (κ2) is 7.93. The first-order valence-corrected chi connectivity index (χ1v) is 12.5. The lowest BCUT2D eigenvalue weighted by atomic mass is 9.43. The highest BCUT2D eigenvalue weighted by Gasteiger charge is 2.65. The smallest absolute Gasteiger partial charge is 0.155 e. The lowest BCUT2D eigenvalue weighted by Gasteiger charge is -2.62. The molecule has 4 aliphatic rings. The molecule has 0 heterocycles. The van der Waals surface area contributed by atoms with Gasteiger partial charge in [-0.3, -0.25) is 4.79 Å². The fourth-order valence-electron chi connectivity index (χ4n) is 8.43. The van der Waals surface area contributed by atoms with Crippen LogP contribution in [-0.4, -0.2) is 28.2 Å². The van der Waals surface area contributed by atoms with E-state index in [-0.39, 0.29) is 29.1 Å². The highest BCUT2D eigenvalue weighted by molar-refractivity contribution is 5.91. The largest absolute Gasteiger partial charge is 0.392 e. The van der Waals surface area contributed by atoms with Crippen LogP contribution in [-0.2, 0) is 4.79 Å². The van der Waals surface area contributed by atoms with Crippen molar-refractivity contribution in [2.75, 3.05) is 6.61 Å². The van der Waals surface area contributed by atoms with Gasteiger partial charge >= 0.3 is 0 Å². The number of allylic oxidation sites excluding steroid dienone is 1. The Labute approximate surface area is 197 Å². The molecule has 1 aromatic rings. The van der Waals surface area contributed by atoms with E-state index in [1.165, 1.54) is 11.1 Å². The predicted molar refractivity (Wildman–Crippen MR) is 127 cm³/mol. The molecule has 33 heavy (non-hydrogen) atoms. The van der Waals surface area contributed by atoms with E-state index in [9.17, 15) is 20.3 Å². The monoisotopic (exact) mass is 445 g/mol. The summed E-state index contributed by atoms with van der Waals surface area (Å²) in [4.78, 5) is 12.3. The fourth-order valence-corrected chi connectivity index (χ4v) is 8.43. The molecule has 4 heteroatoms. The summed E-state index contributed by atoms with van der Waals surface area (Å²) < 4.78 is 0. The molecule has 1 aromatic carbocycles. The van der Waals surface area contributed by atoms with Crippen molar-refractivity contribution in [1.29, 1.82) is 5.26 Å². The molecule has 4 nitrogen and oxygen atoms in total. The minimum absolute atomic E-state index is 0.00162. The molecule has 0 bridgehead atoms. The van der Waals surface area contributed by atoms with Gasteiger partial charge in [-0.05, 0) is 91.4 Å². The average molecular weight is 446 g/mol. The van der Waals surface area contributed by atoms with E-state index in [2.05, 4.69) is 32.0 Å². The highest BCUT2D eigenvalue weighted by Crippen LogP contribution is 2.70. The SMILES string of the molecule is C[C@]12CCC(=O)C=C1CC[C@@H]1[C@@H]2[C@@H](c2ccc(C#N)cc2)C[C@@]2(C)[C@H]1CC[C@@]2(O)/C=C\CO. The van der Waals surface area contributed by atoms with Crippen LogP contribution >= 0.6 is 0 Å². The molecule has 2 N–H and O–H groups in total. The van der Waals surface area contributed by atoms with Crippen LogP contribution in [0.1, 0.15) is 75.8 Å². The molecule has 5 rings (SSSR count).